The van der Waals surface area contributed by atoms with Crippen LogP contribution in [0.15, 0.2) is 58.0 Å². The van der Waals surface area contributed by atoms with Gasteiger partial charge in [0.25, 0.3) is 0 Å². The zero-order valence-corrected chi connectivity index (χ0v) is 19.3. The fourth-order valence-corrected chi connectivity index (χ4v) is 6.19. The number of nitrogens with one attached hydrogen (secondary N) is 1. The average Bonchev–Trinajstić information content (AvgIpc) is 3.57. The predicted molar refractivity (Wildman–Crippen MR) is 125 cm³/mol. The maximum absolute atomic E-state index is 12.9. The number of fused-ring (bicyclic) bond motifs is 1. The summed E-state index contributed by atoms with van der Waals surface area (Å²) in [5, 5.41) is 3.75. The summed E-state index contributed by atoms with van der Waals surface area (Å²) < 4.78 is 32.6. The number of nitrogens with zero attached hydrogens (tertiary/aromatic N) is 3. The summed E-state index contributed by atoms with van der Waals surface area (Å²) >= 11 is 0. The molecule has 2 aromatic heterocycles. The van der Waals surface area contributed by atoms with Gasteiger partial charge < -0.3 is 14.6 Å². The van der Waals surface area contributed by atoms with Gasteiger partial charge in [0.05, 0.1) is 29.1 Å². The van der Waals surface area contributed by atoms with E-state index in [4.69, 9.17) is 9.40 Å². The molecule has 9 heteroatoms. The van der Waals surface area contributed by atoms with Gasteiger partial charge in [-0.25, -0.2) is 13.4 Å². The summed E-state index contributed by atoms with van der Waals surface area (Å²) in [7, 11) is -3.46. The molecule has 0 spiro atoms. The lowest BCUT2D eigenvalue weighted by Gasteiger charge is -2.33. The average molecular weight is 469 g/mol. The van der Waals surface area contributed by atoms with Gasteiger partial charge in [-0.05, 0) is 68.1 Å². The fraction of sp³-hybridized carbons (Fsp3) is 0.417. The van der Waals surface area contributed by atoms with E-state index >= 15 is 0 Å². The standard InChI is InChI=1S/C24H28N4O4S/c29-24(25-16-20-6-4-14-32-20)19-5-3-11-27(17-19)23-10-7-18-15-21(8-9-22(18)26-23)33(30,31)28-12-1-2-13-28/h4,6-10,14-15,19H,1-3,5,11-13,16-17H2,(H,25,29)/t19-/m1/s1. The van der Waals surface area contributed by atoms with E-state index in [-0.39, 0.29) is 11.8 Å². The molecule has 1 amide bonds. The Kier molecular flexibility index (Phi) is 6.07. The minimum absolute atomic E-state index is 0.0219. The number of hydrogen-bond acceptors (Lipinski definition) is 6. The number of rotatable bonds is 6. The molecule has 0 aliphatic carbocycles. The highest BCUT2D eigenvalue weighted by Gasteiger charge is 2.28. The van der Waals surface area contributed by atoms with Crippen molar-refractivity contribution in [2.24, 2.45) is 5.92 Å². The lowest BCUT2D eigenvalue weighted by Crippen LogP contribution is -2.43. The molecule has 5 rings (SSSR count). The van der Waals surface area contributed by atoms with Gasteiger partial charge in [0.2, 0.25) is 15.9 Å². The second-order valence-electron chi connectivity index (χ2n) is 8.72. The number of sulfonamides is 1. The van der Waals surface area contributed by atoms with Gasteiger partial charge in [-0.15, -0.1) is 0 Å². The second-order valence-corrected chi connectivity index (χ2v) is 10.7. The van der Waals surface area contributed by atoms with Crippen LogP contribution in [0, 0.1) is 5.92 Å². The van der Waals surface area contributed by atoms with Crippen molar-refractivity contribution in [1.29, 1.82) is 0 Å². The SMILES string of the molecule is O=C(NCc1ccco1)[C@@H]1CCCN(c2ccc3cc(S(=O)(=O)N4CCCC4)ccc3n2)C1. The van der Waals surface area contributed by atoms with Gasteiger partial charge >= 0.3 is 0 Å². The molecule has 0 radical (unpaired) electrons. The number of pyridine rings is 1. The first kappa shape index (κ1) is 21.9. The van der Waals surface area contributed by atoms with Crippen molar-refractivity contribution in [3.05, 3.63) is 54.5 Å². The van der Waals surface area contributed by atoms with Crippen molar-refractivity contribution in [3.8, 4) is 0 Å². The van der Waals surface area contributed by atoms with E-state index < -0.39 is 10.0 Å². The van der Waals surface area contributed by atoms with Crippen molar-refractivity contribution in [2.75, 3.05) is 31.1 Å². The fourth-order valence-electron chi connectivity index (χ4n) is 4.64. The Bertz CT molecular complexity index is 1240. The van der Waals surface area contributed by atoms with Crippen LogP contribution in [0.3, 0.4) is 0 Å². The molecule has 2 aliphatic heterocycles. The predicted octanol–water partition coefficient (Wildman–Crippen LogP) is 3.15. The topological polar surface area (TPSA) is 95.8 Å². The van der Waals surface area contributed by atoms with Crippen LogP contribution < -0.4 is 10.2 Å². The van der Waals surface area contributed by atoms with Gasteiger partial charge in [-0.2, -0.15) is 4.31 Å². The minimum atomic E-state index is -3.46. The van der Waals surface area contributed by atoms with Gasteiger partial charge in [0.15, 0.2) is 0 Å². The highest BCUT2D eigenvalue weighted by molar-refractivity contribution is 7.89. The van der Waals surface area contributed by atoms with Crippen LogP contribution in [0.5, 0.6) is 0 Å². The monoisotopic (exact) mass is 468 g/mol. The van der Waals surface area contributed by atoms with E-state index in [9.17, 15) is 13.2 Å². The third-order valence-corrected chi connectivity index (χ3v) is 8.38. The molecule has 1 N–H and O–H groups in total. The Morgan fingerprint density at radius 1 is 1.09 bits per heavy atom. The summed E-state index contributed by atoms with van der Waals surface area (Å²) in [5.74, 6) is 1.45. The largest absolute Gasteiger partial charge is 0.467 e. The highest BCUT2D eigenvalue weighted by atomic mass is 32.2. The zero-order valence-electron chi connectivity index (χ0n) is 18.4. The molecule has 0 bridgehead atoms. The van der Waals surface area contributed by atoms with E-state index in [0.717, 1.165) is 54.7 Å². The molecule has 2 fully saturated rings. The zero-order chi connectivity index (χ0) is 22.8. The summed E-state index contributed by atoms with van der Waals surface area (Å²) in [4.78, 5) is 19.9. The first-order valence-electron chi connectivity index (χ1n) is 11.5. The Morgan fingerprint density at radius 3 is 2.73 bits per heavy atom. The molecule has 33 heavy (non-hydrogen) atoms. The molecule has 0 saturated carbocycles. The van der Waals surface area contributed by atoms with Crippen LogP contribution in [0.2, 0.25) is 0 Å². The number of benzene rings is 1. The third kappa shape index (κ3) is 4.60. The number of aromatic nitrogens is 1. The molecule has 174 valence electrons. The lowest BCUT2D eigenvalue weighted by atomic mass is 9.97. The molecule has 2 saturated heterocycles. The van der Waals surface area contributed by atoms with E-state index in [2.05, 4.69) is 10.2 Å². The second kappa shape index (κ2) is 9.15. The van der Waals surface area contributed by atoms with Crippen LogP contribution >= 0.6 is 0 Å². The Labute approximate surface area is 193 Å². The van der Waals surface area contributed by atoms with E-state index in [1.165, 1.54) is 0 Å². The number of amides is 1. The number of furan rings is 1. The highest BCUT2D eigenvalue weighted by Crippen LogP contribution is 2.27. The number of carbonyl (C=O) groups is 1. The third-order valence-electron chi connectivity index (χ3n) is 6.48. The molecule has 8 nitrogen and oxygen atoms in total. The van der Waals surface area contributed by atoms with Crippen LogP contribution in [0.25, 0.3) is 10.9 Å². The van der Waals surface area contributed by atoms with Crippen LogP contribution in [0.4, 0.5) is 5.82 Å². The summed E-state index contributed by atoms with van der Waals surface area (Å²) in [5.41, 5.74) is 0.747. The van der Waals surface area contributed by atoms with Gasteiger partial charge in [-0.1, -0.05) is 0 Å². The molecular formula is C24H28N4O4S. The maximum Gasteiger partial charge on any atom is 0.243 e. The minimum Gasteiger partial charge on any atom is -0.467 e. The van der Waals surface area contributed by atoms with Crippen LogP contribution in [-0.2, 0) is 21.4 Å². The van der Waals surface area contributed by atoms with Gasteiger partial charge in [0.1, 0.15) is 11.6 Å². The molecule has 3 aromatic rings. The molecule has 2 aliphatic rings. The number of carbonyl (C=O) groups excluding carboxylic acids is 1. The lowest BCUT2D eigenvalue weighted by molar-refractivity contribution is -0.125. The molecule has 4 heterocycles. The van der Waals surface area contributed by atoms with Crippen molar-refractivity contribution >= 4 is 32.7 Å². The Balaban J connectivity index is 1.29. The van der Waals surface area contributed by atoms with Crippen molar-refractivity contribution in [2.45, 2.75) is 37.1 Å². The van der Waals surface area contributed by atoms with E-state index in [1.54, 1.807) is 34.8 Å². The van der Waals surface area contributed by atoms with Crippen LogP contribution in [-0.4, -0.2) is 49.8 Å². The van der Waals surface area contributed by atoms with E-state index in [0.29, 0.717) is 31.1 Å². The number of piperidine rings is 1. The number of hydrogen-bond donors (Lipinski definition) is 1. The smallest absolute Gasteiger partial charge is 0.243 e. The molecule has 1 atom stereocenters. The van der Waals surface area contributed by atoms with Crippen molar-refractivity contribution in [1.82, 2.24) is 14.6 Å². The van der Waals surface area contributed by atoms with Crippen LogP contribution in [0.1, 0.15) is 31.4 Å². The normalized spacial score (nSPS) is 19.8. The maximum atomic E-state index is 12.9. The molecular weight excluding hydrogens is 440 g/mol. The summed E-state index contributed by atoms with van der Waals surface area (Å²) in [6.07, 6.45) is 5.17. The first-order valence-corrected chi connectivity index (χ1v) is 12.9. The summed E-state index contributed by atoms with van der Waals surface area (Å²) in [6, 6.07) is 12.6. The Hall–Kier alpha value is -2.91. The molecule has 0 unspecified atom stereocenters. The number of anilines is 1. The van der Waals surface area contributed by atoms with Crippen molar-refractivity contribution < 1.29 is 17.6 Å². The first-order chi connectivity index (χ1) is 16.0. The van der Waals surface area contributed by atoms with Crippen molar-refractivity contribution in [3.63, 3.8) is 0 Å². The molecule has 1 aromatic carbocycles. The summed E-state index contributed by atoms with van der Waals surface area (Å²) in [6.45, 7) is 3.00. The Morgan fingerprint density at radius 2 is 1.94 bits per heavy atom. The quantitative estimate of drug-likeness (QED) is 0.597. The van der Waals surface area contributed by atoms with E-state index in [1.807, 2.05) is 18.2 Å². The van der Waals surface area contributed by atoms with Gasteiger partial charge in [0, 0.05) is 31.6 Å². The van der Waals surface area contributed by atoms with Gasteiger partial charge in [-0.3, -0.25) is 4.79 Å².